The van der Waals surface area contributed by atoms with Crippen molar-refractivity contribution in [2.24, 2.45) is 11.7 Å². The molecular weight excluding hydrogens is 268 g/mol. The summed E-state index contributed by atoms with van der Waals surface area (Å²) < 4.78 is 0. The van der Waals surface area contributed by atoms with Gasteiger partial charge in [0.15, 0.2) is 0 Å². The van der Waals surface area contributed by atoms with Gasteiger partial charge in [-0.2, -0.15) is 0 Å². The van der Waals surface area contributed by atoms with Crippen molar-refractivity contribution >= 4 is 0 Å². The van der Waals surface area contributed by atoms with Gasteiger partial charge in [-0.15, -0.1) is 0 Å². The van der Waals surface area contributed by atoms with Gasteiger partial charge in [-0.05, 0) is 25.7 Å². The summed E-state index contributed by atoms with van der Waals surface area (Å²) >= 11 is 0. The molecule has 0 aromatic carbocycles. The van der Waals surface area contributed by atoms with Crippen LogP contribution in [0, 0.1) is 5.92 Å². The van der Waals surface area contributed by atoms with Crippen LogP contribution in [0.4, 0.5) is 0 Å². The van der Waals surface area contributed by atoms with Crippen LogP contribution in [-0.2, 0) is 0 Å². The SMILES string of the molecule is CCCCCCCC(CCCCCCC)N1CC(C(C)N)C1. The van der Waals surface area contributed by atoms with Gasteiger partial charge in [-0.3, -0.25) is 4.90 Å². The summed E-state index contributed by atoms with van der Waals surface area (Å²) in [6.45, 7) is 9.28. The molecule has 2 N–H and O–H groups in total. The molecule has 0 spiro atoms. The van der Waals surface area contributed by atoms with Crippen LogP contribution >= 0.6 is 0 Å². The lowest BCUT2D eigenvalue weighted by molar-refractivity contribution is 0.0319. The Balaban J connectivity index is 2.21. The number of likely N-dealkylation sites (tertiary alicyclic amines) is 1. The van der Waals surface area contributed by atoms with Gasteiger partial charge in [-0.1, -0.05) is 78.1 Å². The van der Waals surface area contributed by atoms with E-state index in [0.717, 1.165) is 12.0 Å². The molecule has 1 saturated heterocycles. The monoisotopic (exact) mass is 310 g/mol. The zero-order chi connectivity index (χ0) is 16.2. The molecule has 2 nitrogen and oxygen atoms in total. The highest BCUT2D eigenvalue weighted by atomic mass is 15.2. The summed E-state index contributed by atoms with van der Waals surface area (Å²) in [6, 6.07) is 1.23. The van der Waals surface area contributed by atoms with Gasteiger partial charge in [0.1, 0.15) is 0 Å². The second-order valence-electron chi connectivity index (χ2n) is 7.63. The average Bonchev–Trinajstić information content (AvgIpc) is 2.44. The molecule has 1 unspecified atom stereocenters. The van der Waals surface area contributed by atoms with E-state index < -0.39 is 0 Å². The van der Waals surface area contributed by atoms with Crippen LogP contribution in [0.2, 0.25) is 0 Å². The van der Waals surface area contributed by atoms with E-state index in [1.807, 2.05) is 0 Å². The number of unbranched alkanes of at least 4 members (excludes halogenated alkanes) is 8. The van der Waals surface area contributed by atoms with Crippen molar-refractivity contribution in [3.05, 3.63) is 0 Å². The first kappa shape index (κ1) is 20.0. The van der Waals surface area contributed by atoms with E-state index in [4.69, 9.17) is 5.73 Å². The van der Waals surface area contributed by atoms with Crippen molar-refractivity contribution in [1.29, 1.82) is 0 Å². The predicted octanol–water partition coefficient (Wildman–Crippen LogP) is 5.36. The molecule has 1 fully saturated rings. The van der Waals surface area contributed by atoms with Crippen molar-refractivity contribution < 1.29 is 0 Å². The normalized spacial score (nSPS) is 17.9. The summed E-state index contributed by atoms with van der Waals surface area (Å²) in [7, 11) is 0. The number of hydrogen-bond donors (Lipinski definition) is 1. The molecular formula is C20H42N2. The molecule has 22 heavy (non-hydrogen) atoms. The molecule has 0 amide bonds. The van der Waals surface area contributed by atoms with E-state index >= 15 is 0 Å². The van der Waals surface area contributed by atoms with Crippen LogP contribution in [0.15, 0.2) is 0 Å². The highest BCUT2D eigenvalue weighted by Gasteiger charge is 2.33. The second kappa shape index (κ2) is 12.4. The van der Waals surface area contributed by atoms with E-state index in [1.54, 1.807) is 0 Å². The molecule has 1 aliphatic rings. The Labute approximate surface area is 140 Å². The van der Waals surface area contributed by atoms with Gasteiger partial charge in [-0.25, -0.2) is 0 Å². The predicted molar refractivity (Wildman–Crippen MR) is 99.3 cm³/mol. The van der Waals surface area contributed by atoms with Gasteiger partial charge < -0.3 is 5.73 Å². The summed E-state index contributed by atoms with van der Waals surface area (Å²) in [5.41, 5.74) is 6.04. The summed E-state index contributed by atoms with van der Waals surface area (Å²) in [5, 5.41) is 0. The highest BCUT2D eigenvalue weighted by molar-refractivity contribution is 4.89. The first-order valence-corrected chi connectivity index (χ1v) is 10.2. The molecule has 1 rings (SSSR count). The van der Waals surface area contributed by atoms with Gasteiger partial charge in [0.2, 0.25) is 0 Å². The lowest BCUT2D eigenvalue weighted by Crippen LogP contribution is -2.57. The minimum absolute atomic E-state index is 0.381. The van der Waals surface area contributed by atoms with Gasteiger partial charge in [0.25, 0.3) is 0 Å². The highest BCUT2D eigenvalue weighted by Crippen LogP contribution is 2.27. The molecule has 0 aliphatic carbocycles. The molecule has 0 saturated carbocycles. The maximum atomic E-state index is 6.04. The van der Waals surface area contributed by atoms with Gasteiger partial charge in [0, 0.05) is 25.2 Å². The van der Waals surface area contributed by atoms with Gasteiger partial charge >= 0.3 is 0 Å². The molecule has 2 heteroatoms. The van der Waals surface area contributed by atoms with E-state index in [0.29, 0.717) is 6.04 Å². The molecule has 132 valence electrons. The Morgan fingerprint density at radius 1 is 0.818 bits per heavy atom. The molecule has 0 radical (unpaired) electrons. The van der Waals surface area contributed by atoms with Gasteiger partial charge in [0.05, 0.1) is 0 Å². The van der Waals surface area contributed by atoms with Crippen molar-refractivity contribution in [2.75, 3.05) is 13.1 Å². The first-order valence-electron chi connectivity index (χ1n) is 10.2. The molecule has 0 aromatic heterocycles. The van der Waals surface area contributed by atoms with Crippen molar-refractivity contribution in [1.82, 2.24) is 4.90 Å². The molecule has 1 heterocycles. The number of nitrogens with zero attached hydrogens (tertiary/aromatic N) is 1. The third-order valence-corrected chi connectivity index (χ3v) is 5.48. The first-order chi connectivity index (χ1) is 10.7. The third-order valence-electron chi connectivity index (χ3n) is 5.48. The Bertz CT molecular complexity index is 232. The lowest BCUT2D eigenvalue weighted by Gasteiger charge is -2.46. The fourth-order valence-electron chi connectivity index (χ4n) is 3.66. The largest absolute Gasteiger partial charge is 0.328 e. The van der Waals surface area contributed by atoms with Crippen LogP contribution < -0.4 is 5.73 Å². The Hall–Kier alpha value is -0.0800. The zero-order valence-corrected chi connectivity index (χ0v) is 15.7. The van der Waals surface area contributed by atoms with Crippen molar-refractivity contribution in [3.8, 4) is 0 Å². The summed E-state index contributed by atoms with van der Waals surface area (Å²) in [6.07, 6.45) is 17.0. The van der Waals surface area contributed by atoms with E-state index in [1.165, 1.54) is 90.1 Å². The minimum Gasteiger partial charge on any atom is -0.328 e. The fourth-order valence-corrected chi connectivity index (χ4v) is 3.66. The Morgan fingerprint density at radius 2 is 1.27 bits per heavy atom. The van der Waals surface area contributed by atoms with Crippen LogP contribution in [0.1, 0.15) is 97.8 Å². The lowest BCUT2D eigenvalue weighted by atomic mass is 9.88. The average molecular weight is 311 g/mol. The number of hydrogen-bond acceptors (Lipinski definition) is 2. The topological polar surface area (TPSA) is 29.3 Å². The Kier molecular flexibility index (Phi) is 11.2. The summed E-state index contributed by atoms with van der Waals surface area (Å²) in [4.78, 5) is 2.73. The fraction of sp³-hybridized carbons (Fsp3) is 1.00. The quantitative estimate of drug-likeness (QED) is 0.438. The van der Waals surface area contributed by atoms with E-state index in [2.05, 4.69) is 25.7 Å². The van der Waals surface area contributed by atoms with Crippen LogP contribution in [0.25, 0.3) is 0 Å². The Morgan fingerprint density at radius 3 is 1.68 bits per heavy atom. The maximum Gasteiger partial charge on any atom is 0.00955 e. The van der Waals surface area contributed by atoms with Crippen molar-refractivity contribution in [2.45, 2.75) is 110 Å². The molecule has 0 bridgehead atoms. The zero-order valence-electron chi connectivity index (χ0n) is 15.7. The minimum atomic E-state index is 0.381. The third kappa shape index (κ3) is 7.97. The van der Waals surface area contributed by atoms with Crippen LogP contribution in [0.3, 0.4) is 0 Å². The number of nitrogens with two attached hydrogens (primary N) is 1. The van der Waals surface area contributed by atoms with E-state index in [-0.39, 0.29) is 0 Å². The second-order valence-corrected chi connectivity index (χ2v) is 7.63. The molecule has 0 aromatic rings. The smallest absolute Gasteiger partial charge is 0.00955 e. The molecule has 1 atom stereocenters. The summed E-state index contributed by atoms with van der Waals surface area (Å²) in [5.74, 6) is 0.752. The maximum absolute atomic E-state index is 6.04. The standard InChI is InChI=1S/C20H42N2/c1-4-6-8-10-12-14-20(15-13-11-9-7-5-2)22-16-19(17-22)18(3)21/h18-20H,4-17,21H2,1-3H3. The number of rotatable bonds is 14. The van der Waals surface area contributed by atoms with E-state index in [9.17, 15) is 0 Å². The van der Waals surface area contributed by atoms with Crippen molar-refractivity contribution in [3.63, 3.8) is 0 Å². The molecule has 1 aliphatic heterocycles. The van der Waals surface area contributed by atoms with Crippen LogP contribution in [0.5, 0.6) is 0 Å². The van der Waals surface area contributed by atoms with Crippen LogP contribution in [-0.4, -0.2) is 30.1 Å².